The van der Waals surface area contributed by atoms with E-state index in [2.05, 4.69) is 20.9 Å². The highest BCUT2D eigenvalue weighted by molar-refractivity contribution is 9.10. The van der Waals surface area contributed by atoms with Crippen molar-refractivity contribution in [2.75, 3.05) is 0 Å². The zero-order valence-corrected chi connectivity index (χ0v) is 11.2. The summed E-state index contributed by atoms with van der Waals surface area (Å²) in [4.78, 5) is 14.8. The molecule has 6 heteroatoms. The van der Waals surface area contributed by atoms with Crippen molar-refractivity contribution in [3.8, 4) is 11.1 Å². The lowest BCUT2D eigenvalue weighted by Gasteiger charge is -2.08. The quantitative estimate of drug-likeness (QED) is 0.847. The second-order valence-electron chi connectivity index (χ2n) is 3.45. The number of benzene rings is 1. The highest BCUT2D eigenvalue weighted by Gasteiger charge is 2.19. The molecule has 0 radical (unpaired) electrons. The van der Waals surface area contributed by atoms with Gasteiger partial charge in [0.2, 0.25) is 0 Å². The number of rotatable bonds is 2. The lowest BCUT2D eigenvalue weighted by atomic mass is 10.0. The summed E-state index contributed by atoms with van der Waals surface area (Å²) in [5.74, 6) is -1.77. The van der Waals surface area contributed by atoms with E-state index in [9.17, 15) is 9.18 Å². The summed E-state index contributed by atoms with van der Waals surface area (Å²) in [5, 5.41) is 8.94. The van der Waals surface area contributed by atoms with E-state index in [1.54, 1.807) is 0 Å². The number of aromatic carboxylic acids is 1. The number of nitrogens with zero attached hydrogens (tertiary/aromatic N) is 1. The molecule has 1 aromatic carbocycles. The number of hydrogen-bond acceptors (Lipinski definition) is 2. The van der Waals surface area contributed by atoms with E-state index in [4.69, 9.17) is 16.7 Å². The van der Waals surface area contributed by atoms with E-state index in [1.165, 1.54) is 30.5 Å². The Morgan fingerprint density at radius 3 is 2.72 bits per heavy atom. The van der Waals surface area contributed by atoms with E-state index in [1.807, 2.05) is 0 Å². The van der Waals surface area contributed by atoms with Gasteiger partial charge in [-0.3, -0.25) is 0 Å². The SMILES string of the molecule is O=C(O)c1c(-c2cc(Br)ccc2F)ccnc1Cl. The van der Waals surface area contributed by atoms with Crippen molar-refractivity contribution in [2.24, 2.45) is 0 Å². The summed E-state index contributed by atoms with van der Waals surface area (Å²) < 4.78 is 14.4. The van der Waals surface area contributed by atoms with Gasteiger partial charge >= 0.3 is 5.97 Å². The molecule has 1 aromatic heterocycles. The fourth-order valence-corrected chi connectivity index (χ4v) is 2.17. The summed E-state index contributed by atoms with van der Waals surface area (Å²) in [6.45, 7) is 0. The van der Waals surface area contributed by atoms with Crippen molar-refractivity contribution >= 4 is 33.5 Å². The van der Waals surface area contributed by atoms with E-state index in [-0.39, 0.29) is 21.8 Å². The molecule has 0 aliphatic heterocycles. The highest BCUT2D eigenvalue weighted by Crippen LogP contribution is 2.31. The van der Waals surface area contributed by atoms with Crippen LogP contribution in [0.1, 0.15) is 10.4 Å². The maximum Gasteiger partial charge on any atom is 0.339 e. The Hall–Kier alpha value is -1.46. The first-order valence-electron chi connectivity index (χ1n) is 4.84. The fourth-order valence-electron chi connectivity index (χ4n) is 1.57. The molecule has 0 aliphatic rings. The predicted molar refractivity (Wildman–Crippen MR) is 69.3 cm³/mol. The molecule has 1 heterocycles. The van der Waals surface area contributed by atoms with Crippen LogP contribution in [0.5, 0.6) is 0 Å². The number of aromatic nitrogens is 1. The van der Waals surface area contributed by atoms with E-state index < -0.39 is 11.8 Å². The zero-order valence-electron chi connectivity index (χ0n) is 8.82. The molecule has 92 valence electrons. The number of carboxylic acid groups (broad SMARTS) is 1. The molecule has 3 nitrogen and oxygen atoms in total. The van der Waals surface area contributed by atoms with E-state index >= 15 is 0 Å². The summed E-state index contributed by atoms with van der Waals surface area (Å²) in [7, 11) is 0. The van der Waals surface area contributed by atoms with Crippen molar-refractivity contribution in [3.63, 3.8) is 0 Å². The van der Waals surface area contributed by atoms with Crippen molar-refractivity contribution < 1.29 is 14.3 Å². The highest BCUT2D eigenvalue weighted by atomic mass is 79.9. The molecule has 0 saturated heterocycles. The van der Waals surface area contributed by atoms with Crippen LogP contribution < -0.4 is 0 Å². The third-order valence-electron chi connectivity index (χ3n) is 2.34. The first-order valence-corrected chi connectivity index (χ1v) is 6.01. The second kappa shape index (κ2) is 5.04. The van der Waals surface area contributed by atoms with Crippen LogP contribution >= 0.6 is 27.5 Å². The summed E-state index contributed by atoms with van der Waals surface area (Å²) >= 11 is 8.95. The van der Waals surface area contributed by atoms with Crippen LogP contribution in [0, 0.1) is 5.82 Å². The molecule has 2 aromatic rings. The molecular formula is C12H6BrClFNO2. The third-order valence-corrected chi connectivity index (χ3v) is 3.12. The molecule has 0 aliphatic carbocycles. The second-order valence-corrected chi connectivity index (χ2v) is 4.73. The van der Waals surface area contributed by atoms with Gasteiger partial charge in [0, 0.05) is 21.8 Å². The average Bonchev–Trinajstić information content (AvgIpc) is 2.31. The van der Waals surface area contributed by atoms with Crippen LogP contribution in [0.25, 0.3) is 11.1 Å². The molecule has 0 amide bonds. The predicted octanol–water partition coefficient (Wildman–Crippen LogP) is 4.00. The van der Waals surface area contributed by atoms with Crippen LogP contribution in [0.3, 0.4) is 0 Å². The largest absolute Gasteiger partial charge is 0.478 e. The first kappa shape index (κ1) is 13.0. The van der Waals surface area contributed by atoms with Gasteiger partial charge in [0.1, 0.15) is 16.5 Å². The zero-order chi connectivity index (χ0) is 13.3. The number of pyridine rings is 1. The summed E-state index contributed by atoms with van der Waals surface area (Å²) in [6.07, 6.45) is 1.34. The van der Waals surface area contributed by atoms with Gasteiger partial charge in [-0.2, -0.15) is 0 Å². The van der Waals surface area contributed by atoms with E-state index in [0.717, 1.165) is 0 Å². The molecule has 2 rings (SSSR count). The van der Waals surface area contributed by atoms with Crippen LogP contribution in [0.2, 0.25) is 5.15 Å². The maximum atomic E-state index is 13.8. The molecule has 18 heavy (non-hydrogen) atoms. The average molecular weight is 331 g/mol. The Morgan fingerprint density at radius 2 is 2.06 bits per heavy atom. The van der Waals surface area contributed by atoms with E-state index in [0.29, 0.717) is 4.47 Å². The van der Waals surface area contributed by atoms with Crippen molar-refractivity contribution in [1.29, 1.82) is 0 Å². The molecular weight excluding hydrogens is 324 g/mol. The Bertz CT molecular complexity index is 633. The Kier molecular flexibility index (Phi) is 3.63. The first-order chi connectivity index (χ1) is 8.50. The minimum Gasteiger partial charge on any atom is -0.478 e. The van der Waals surface area contributed by atoms with Crippen molar-refractivity contribution in [3.05, 3.63) is 51.5 Å². The maximum absolute atomic E-state index is 13.8. The molecule has 0 atom stereocenters. The number of hydrogen-bond donors (Lipinski definition) is 1. The molecule has 0 spiro atoms. The summed E-state index contributed by atoms with van der Waals surface area (Å²) in [5.41, 5.74) is 0.142. The van der Waals surface area contributed by atoms with Gasteiger partial charge in [0.15, 0.2) is 0 Å². The minimum atomic E-state index is -1.25. The van der Waals surface area contributed by atoms with Crippen molar-refractivity contribution in [1.82, 2.24) is 4.98 Å². The lowest BCUT2D eigenvalue weighted by molar-refractivity contribution is 0.0697. The topological polar surface area (TPSA) is 50.2 Å². The minimum absolute atomic E-state index is 0.158. The molecule has 0 fully saturated rings. The van der Waals surface area contributed by atoms with Gasteiger partial charge < -0.3 is 5.11 Å². The fraction of sp³-hybridized carbons (Fsp3) is 0. The van der Waals surface area contributed by atoms with Gasteiger partial charge in [-0.05, 0) is 24.3 Å². The van der Waals surface area contributed by atoms with Gasteiger partial charge in [-0.1, -0.05) is 27.5 Å². The Morgan fingerprint density at radius 1 is 1.33 bits per heavy atom. The Labute approximate surface area is 115 Å². The molecule has 1 N–H and O–H groups in total. The molecule has 0 saturated carbocycles. The van der Waals surface area contributed by atoms with Gasteiger partial charge in [0.25, 0.3) is 0 Å². The third kappa shape index (κ3) is 2.37. The monoisotopic (exact) mass is 329 g/mol. The van der Waals surface area contributed by atoms with Gasteiger partial charge in [0.05, 0.1) is 0 Å². The normalized spacial score (nSPS) is 10.4. The Balaban J connectivity index is 2.75. The molecule has 0 bridgehead atoms. The van der Waals surface area contributed by atoms with Gasteiger partial charge in [-0.15, -0.1) is 0 Å². The number of carboxylic acids is 1. The number of carbonyl (C=O) groups is 1. The smallest absolute Gasteiger partial charge is 0.339 e. The lowest BCUT2D eigenvalue weighted by Crippen LogP contribution is -2.03. The van der Waals surface area contributed by atoms with Crippen molar-refractivity contribution in [2.45, 2.75) is 0 Å². The van der Waals surface area contributed by atoms with Crippen LogP contribution in [-0.2, 0) is 0 Å². The van der Waals surface area contributed by atoms with Crippen LogP contribution in [-0.4, -0.2) is 16.1 Å². The van der Waals surface area contributed by atoms with Crippen LogP contribution in [0.15, 0.2) is 34.9 Å². The number of halogens is 3. The van der Waals surface area contributed by atoms with Crippen LogP contribution in [0.4, 0.5) is 4.39 Å². The molecule has 0 unspecified atom stereocenters. The standard InChI is InChI=1S/C12H6BrClFNO2/c13-6-1-2-9(15)8(5-6)7-3-4-16-11(14)10(7)12(17)18/h1-5H,(H,17,18). The summed E-state index contributed by atoms with van der Waals surface area (Å²) in [6, 6.07) is 5.69. The van der Waals surface area contributed by atoms with Gasteiger partial charge in [-0.25, -0.2) is 14.2 Å².